The van der Waals surface area contributed by atoms with Gasteiger partial charge < -0.3 is 25.6 Å². The van der Waals surface area contributed by atoms with Gasteiger partial charge in [-0.3, -0.25) is 14.6 Å². The Labute approximate surface area is 261 Å². The Hall–Kier alpha value is -4.01. The highest BCUT2D eigenvalue weighted by atomic mass is 79.9. The first-order valence-corrected chi connectivity index (χ1v) is 14.0. The fourth-order valence-corrected chi connectivity index (χ4v) is 4.98. The van der Waals surface area contributed by atoms with E-state index in [2.05, 4.69) is 31.2 Å². The average molecular weight is 700 g/mol. The number of benzene rings is 2. The van der Waals surface area contributed by atoms with Crippen LogP contribution in [0.2, 0.25) is 5.02 Å². The molecule has 2 aromatic heterocycles. The third-order valence-electron chi connectivity index (χ3n) is 6.50. The minimum absolute atomic E-state index is 0.0202. The van der Waals surface area contributed by atoms with Gasteiger partial charge in [0.2, 0.25) is 11.5 Å². The van der Waals surface area contributed by atoms with Crippen molar-refractivity contribution in [1.29, 1.82) is 0 Å². The molecule has 0 fully saturated rings. The molecular weight excluding hydrogens is 676 g/mol. The number of rotatable bonds is 10. The lowest BCUT2D eigenvalue weighted by Crippen LogP contribution is -2.51. The Bertz CT molecular complexity index is 1760. The summed E-state index contributed by atoms with van der Waals surface area (Å²) in [5, 5.41) is 13.3. The summed E-state index contributed by atoms with van der Waals surface area (Å²) in [4.78, 5) is 33.3. The number of halogens is 6. The van der Waals surface area contributed by atoms with E-state index < -0.39 is 53.1 Å². The Balaban J connectivity index is 1.84. The van der Waals surface area contributed by atoms with Crippen LogP contribution in [0, 0.1) is 5.82 Å². The van der Waals surface area contributed by atoms with Crippen molar-refractivity contribution in [2.45, 2.75) is 25.1 Å². The van der Waals surface area contributed by atoms with Crippen molar-refractivity contribution >= 4 is 50.2 Å². The second-order valence-electron chi connectivity index (χ2n) is 9.47. The van der Waals surface area contributed by atoms with E-state index in [0.29, 0.717) is 15.4 Å². The van der Waals surface area contributed by atoms with E-state index in [4.69, 9.17) is 26.8 Å². The van der Waals surface area contributed by atoms with E-state index >= 15 is 0 Å². The van der Waals surface area contributed by atoms with Gasteiger partial charge in [0.05, 0.1) is 37.4 Å². The number of hydrogen-bond acceptors (Lipinski definition) is 7. The highest BCUT2D eigenvalue weighted by Crippen LogP contribution is 2.43. The van der Waals surface area contributed by atoms with E-state index in [0.717, 1.165) is 12.1 Å². The number of ether oxygens (including phenoxy) is 2. The number of methoxy groups -OCH3 is 1. The molecule has 2 amide bonds. The standard InChI is InChI=1S/C29H24BrClF4N4O5/c1-3-44-26-15(11-22(36)40)10-21(39-25(26)18-5-4-6-19(32)23(18)31)28(42,29(33,34)35)13-38-27(41)16-7-14-8-17(30)12-37-24(14)20(9-16)43-2/h4-10,12,42H,3,11,13H2,1-2H3,(H2,36,40)(H,38,41)/t28-/m0/s1. The topological polar surface area (TPSA) is 137 Å². The number of nitrogens with zero attached hydrogens (tertiary/aromatic N) is 2. The number of hydrogen-bond donors (Lipinski definition) is 3. The summed E-state index contributed by atoms with van der Waals surface area (Å²) in [6, 6.07) is 8.67. The summed E-state index contributed by atoms with van der Waals surface area (Å²) in [6.45, 7) is 0.143. The van der Waals surface area contributed by atoms with Crippen molar-refractivity contribution < 1.29 is 41.7 Å². The Morgan fingerprint density at radius 3 is 2.55 bits per heavy atom. The molecule has 0 unspecified atom stereocenters. The van der Waals surface area contributed by atoms with Crippen LogP contribution in [0.1, 0.15) is 28.5 Å². The molecule has 4 rings (SSSR count). The summed E-state index contributed by atoms with van der Waals surface area (Å²) < 4.78 is 69.8. The molecule has 2 heterocycles. The van der Waals surface area contributed by atoms with Crippen molar-refractivity contribution in [3.8, 4) is 22.8 Å². The van der Waals surface area contributed by atoms with Crippen molar-refractivity contribution in [3.05, 3.63) is 80.8 Å². The molecule has 9 nitrogen and oxygen atoms in total. The minimum atomic E-state index is -5.41. The van der Waals surface area contributed by atoms with Gasteiger partial charge in [-0.2, -0.15) is 13.2 Å². The van der Waals surface area contributed by atoms with Crippen LogP contribution < -0.4 is 20.5 Å². The molecular formula is C29H24BrClF4N4O5. The molecule has 232 valence electrons. The van der Waals surface area contributed by atoms with Gasteiger partial charge in [-0.25, -0.2) is 9.37 Å². The molecule has 0 radical (unpaired) electrons. The van der Waals surface area contributed by atoms with Crippen LogP contribution in [0.5, 0.6) is 11.5 Å². The van der Waals surface area contributed by atoms with Crippen LogP contribution in [0.3, 0.4) is 0 Å². The number of primary amides is 1. The summed E-state index contributed by atoms with van der Waals surface area (Å²) >= 11 is 9.41. The van der Waals surface area contributed by atoms with Crippen molar-refractivity contribution in [2.75, 3.05) is 20.3 Å². The quantitative estimate of drug-likeness (QED) is 0.187. The largest absolute Gasteiger partial charge is 0.494 e. The number of fused-ring (bicyclic) bond motifs is 1. The lowest BCUT2D eigenvalue weighted by Gasteiger charge is -2.31. The van der Waals surface area contributed by atoms with Crippen molar-refractivity contribution in [2.24, 2.45) is 5.73 Å². The van der Waals surface area contributed by atoms with Gasteiger partial charge in [-0.15, -0.1) is 0 Å². The lowest BCUT2D eigenvalue weighted by atomic mass is 9.93. The first kappa shape index (κ1) is 32.9. The van der Waals surface area contributed by atoms with E-state index in [1.165, 1.54) is 37.6 Å². The van der Waals surface area contributed by atoms with E-state index in [1.54, 1.807) is 13.0 Å². The first-order chi connectivity index (χ1) is 20.7. The predicted octanol–water partition coefficient (Wildman–Crippen LogP) is 5.47. The Morgan fingerprint density at radius 1 is 1.18 bits per heavy atom. The molecule has 1 atom stereocenters. The number of aliphatic hydroxyl groups is 1. The number of nitrogens with one attached hydrogen (secondary N) is 1. The number of nitrogens with two attached hydrogens (primary N) is 1. The number of aromatic nitrogens is 2. The average Bonchev–Trinajstić information content (AvgIpc) is 2.96. The van der Waals surface area contributed by atoms with Gasteiger partial charge in [-0.1, -0.05) is 23.7 Å². The number of pyridine rings is 2. The third-order valence-corrected chi connectivity index (χ3v) is 7.32. The molecule has 0 aliphatic carbocycles. The summed E-state index contributed by atoms with van der Waals surface area (Å²) in [6.07, 6.45) is -4.52. The first-order valence-electron chi connectivity index (χ1n) is 12.8. The van der Waals surface area contributed by atoms with Gasteiger partial charge in [-0.05, 0) is 53.2 Å². The highest BCUT2D eigenvalue weighted by molar-refractivity contribution is 9.10. The zero-order valence-corrected chi connectivity index (χ0v) is 25.4. The van der Waals surface area contributed by atoms with Crippen molar-refractivity contribution in [1.82, 2.24) is 15.3 Å². The van der Waals surface area contributed by atoms with Crippen molar-refractivity contribution in [3.63, 3.8) is 0 Å². The Kier molecular flexibility index (Phi) is 9.66. The molecule has 0 bridgehead atoms. The van der Waals surface area contributed by atoms with Crippen LogP contribution in [0.4, 0.5) is 17.6 Å². The molecule has 0 spiro atoms. The van der Waals surface area contributed by atoms with Gasteiger partial charge in [0.15, 0.2) is 0 Å². The number of amides is 2. The molecule has 4 N–H and O–H groups in total. The van der Waals surface area contributed by atoms with Gasteiger partial charge >= 0.3 is 6.18 Å². The van der Waals surface area contributed by atoms with Crippen LogP contribution in [-0.2, 0) is 16.8 Å². The maximum atomic E-state index is 14.7. The lowest BCUT2D eigenvalue weighted by molar-refractivity contribution is -0.265. The van der Waals surface area contributed by atoms with Crippen LogP contribution in [0.25, 0.3) is 22.2 Å². The molecule has 0 saturated heterocycles. The summed E-state index contributed by atoms with van der Waals surface area (Å²) in [7, 11) is 1.34. The smallest absolute Gasteiger partial charge is 0.424 e. The maximum Gasteiger partial charge on any atom is 0.424 e. The molecule has 0 aliphatic rings. The third kappa shape index (κ3) is 6.56. The molecule has 0 aliphatic heterocycles. The molecule has 15 heteroatoms. The SMILES string of the molecule is CCOc1c(CC(N)=O)cc([C@@](O)(CNC(=O)c2cc(OC)c3ncc(Br)cc3c2)C(F)(F)F)nc1-c1cccc(F)c1Cl. The zero-order chi connectivity index (χ0) is 32.4. The predicted molar refractivity (Wildman–Crippen MR) is 157 cm³/mol. The summed E-state index contributed by atoms with van der Waals surface area (Å²) in [5.74, 6) is -2.81. The van der Waals surface area contributed by atoms with Crippen LogP contribution >= 0.6 is 27.5 Å². The van der Waals surface area contributed by atoms with E-state index in [9.17, 15) is 32.3 Å². The fraction of sp³-hybridized carbons (Fsp3) is 0.241. The summed E-state index contributed by atoms with van der Waals surface area (Å²) in [5.41, 5.74) is 0.125. The zero-order valence-electron chi connectivity index (χ0n) is 23.1. The number of carbonyl (C=O) groups excluding carboxylic acids is 2. The second kappa shape index (κ2) is 12.9. The highest BCUT2D eigenvalue weighted by Gasteiger charge is 2.57. The maximum absolute atomic E-state index is 14.7. The van der Waals surface area contributed by atoms with E-state index in [1.807, 2.05) is 0 Å². The minimum Gasteiger partial charge on any atom is -0.494 e. The van der Waals surface area contributed by atoms with Gasteiger partial charge in [0, 0.05) is 32.7 Å². The molecule has 2 aromatic carbocycles. The van der Waals surface area contributed by atoms with E-state index in [-0.39, 0.29) is 40.5 Å². The molecule has 0 saturated carbocycles. The van der Waals surface area contributed by atoms with Gasteiger partial charge in [0.25, 0.3) is 5.91 Å². The van der Waals surface area contributed by atoms with Crippen LogP contribution in [0.15, 0.2) is 53.1 Å². The number of carbonyl (C=O) groups is 2. The van der Waals surface area contributed by atoms with Crippen LogP contribution in [-0.4, -0.2) is 53.3 Å². The molecule has 4 aromatic rings. The fourth-order valence-electron chi connectivity index (χ4n) is 4.41. The van der Waals surface area contributed by atoms with Gasteiger partial charge in [0.1, 0.15) is 28.5 Å². The second-order valence-corrected chi connectivity index (χ2v) is 10.8. The Morgan fingerprint density at radius 2 is 1.91 bits per heavy atom. The monoisotopic (exact) mass is 698 g/mol. The normalized spacial score (nSPS) is 12.9. The number of alkyl halides is 3. The molecule has 44 heavy (non-hydrogen) atoms.